The van der Waals surface area contributed by atoms with Crippen LogP contribution in [0.1, 0.15) is 21.9 Å². The normalized spacial score (nSPS) is 10.9. The van der Waals surface area contributed by atoms with Gasteiger partial charge in [-0.25, -0.2) is 0 Å². The number of benzene rings is 2. The van der Waals surface area contributed by atoms with Crippen LogP contribution >= 0.6 is 62.3 Å². The molecule has 2 aromatic carbocycles. The van der Waals surface area contributed by atoms with Crippen LogP contribution in [0.25, 0.3) is 0 Å². The number of aromatic nitrogens is 2. The SMILES string of the molecule is O=C(Nc1nn(Cc2ccccc2Cl)cc1Br)c1ccc(COc2c(Cl)cc(Cl)cc2Cl)o1. The molecule has 0 saturated heterocycles. The van der Waals surface area contributed by atoms with E-state index in [1.807, 2.05) is 24.3 Å². The number of anilines is 1. The largest absolute Gasteiger partial charge is 0.483 e. The van der Waals surface area contributed by atoms with Crippen LogP contribution in [0, 0.1) is 0 Å². The Hall–Kier alpha value is -2.16. The zero-order chi connectivity index (χ0) is 23.5. The summed E-state index contributed by atoms with van der Waals surface area (Å²) in [6.45, 7) is 0.469. The molecule has 0 aliphatic carbocycles. The number of furan rings is 1. The minimum atomic E-state index is -0.465. The van der Waals surface area contributed by atoms with Crippen LogP contribution in [0.15, 0.2) is 63.6 Å². The molecule has 2 heterocycles. The minimum Gasteiger partial charge on any atom is -0.483 e. The average molecular weight is 590 g/mol. The van der Waals surface area contributed by atoms with E-state index in [0.29, 0.717) is 32.6 Å². The van der Waals surface area contributed by atoms with Crippen molar-refractivity contribution >= 4 is 74.1 Å². The van der Waals surface area contributed by atoms with Gasteiger partial charge in [-0.15, -0.1) is 0 Å². The molecule has 0 unspecified atom stereocenters. The zero-order valence-corrected chi connectivity index (χ0v) is 21.2. The van der Waals surface area contributed by atoms with Crippen molar-refractivity contribution < 1.29 is 13.9 Å². The van der Waals surface area contributed by atoms with Crippen molar-refractivity contribution in [2.45, 2.75) is 13.2 Å². The molecular weight excluding hydrogens is 576 g/mol. The first-order chi connectivity index (χ1) is 15.8. The lowest BCUT2D eigenvalue weighted by atomic mass is 10.2. The van der Waals surface area contributed by atoms with Gasteiger partial charge in [-0.1, -0.05) is 64.6 Å². The van der Waals surface area contributed by atoms with E-state index in [9.17, 15) is 4.79 Å². The summed E-state index contributed by atoms with van der Waals surface area (Å²) in [5.41, 5.74) is 0.906. The Labute approximate surface area is 217 Å². The number of hydrogen-bond donors (Lipinski definition) is 1. The maximum Gasteiger partial charge on any atom is 0.292 e. The molecule has 0 fully saturated rings. The number of amides is 1. The van der Waals surface area contributed by atoms with E-state index in [0.717, 1.165) is 5.56 Å². The highest BCUT2D eigenvalue weighted by molar-refractivity contribution is 9.10. The van der Waals surface area contributed by atoms with Crippen LogP contribution in [-0.2, 0) is 13.2 Å². The van der Waals surface area contributed by atoms with Gasteiger partial charge in [-0.3, -0.25) is 9.48 Å². The summed E-state index contributed by atoms with van der Waals surface area (Å²) in [7, 11) is 0. The van der Waals surface area contributed by atoms with Crippen LogP contribution in [-0.4, -0.2) is 15.7 Å². The molecule has 170 valence electrons. The van der Waals surface area contributed by atoms with Crippen molar-refractivity contribution in [1.82, 2.24) is 9.78 Å². The number of nitrogens with one attached hydrogen (secondary N) is 1. The van der Waals surface area contributed by atoms with Crippen molar-refractivity contribution in [2.75, 3.05) is 5.32 Å². The number of carbonyl (C=O) groups is 1. The van der Waals surface area contributed by atoms with E-state index in [1.54, 1.807) is 16.9 Å². The first-order valence-corrected chi connectivity index (χ1v) is 11.7. The molecule has 0 aliphatic heterocycles. The van der Waals surface area contributed by atoms with Crippen molar-refractivity contribution in [3.8, 4) is 5.75 Å². The number of nitrogens with zero attached hydrogens (tertiary/aromatic N) is 2. The molecule has 4 rings (SSSR count). The number of rotatable bonds is 7. The Bertz CT molecular complexity index is 1300. The molecular formula is C22H14BrCl4N3O3. The predicted molar refractivity (Wildman–Crippen MR) is 133 cm³/mol. The van der Waals surface area contributed by atoms with Crippen LogP contribution in [0.4, 0.5) is 5.82 Å². The highest BCUT2D eigenvalue weighted by atomic mass is 79.9. The Morgan fingerprint density at radius 2 is 1.79 bits per heavy atom. The third-order valence-electron chi connectivity index (χ3n) is 4.45. The maximum atomic E-state index is 12.6. The Morgan fingerprint density at radius 1 is 1.06 bits per heavy atom. The van der Waals surface area contributed by atoms with Gasteiger partial charge in [0, 0.05) is 16.2 Å². The third-order valence-corrected chi connectivity index (χ3v) is 6.18. The fraction of sp³-hybridized carbons (Fsp3) is 0.0909. The second-order valence-electron chi connectivity index (χ2n) is 6.82. The van der Waals surface area contributed by atoms with Crippen LogP contribution < -0.4 is 10.1 Å². The summed E-state index contributed by atoms with van der Waals surface area (Å²) < 4.78 is 13.5. The molecule has 0 aliphatic rings. The lowest BCUT2D eigenvalue weighted by molar-refractivity contribution is 0.0992. The van der Waals surface area contributed by atoms with E-state index in [2.05, 4.69) is 26.3 Å². The zero-order valence-electron chi connectivity index (χ0n) is 16.6. The summed E-state index contributed by atoms with van der Waals surface area (Å²) in [5.74, 6) is 0.659. The van der Waals surface area contributed by atoms with E-state index in [1.165, 1.54) is 18.2 Å². The molecule has 0 saturated carbocycles. The minimum absolute atomic E-state index is 0.0184. The molecule has 1 N–H and O–H groups in total. The van der Waals surface area contributed by atoms with Crippen molar-refractivity contribution in [3.05, 3.63) is 96.4 Å². The average Bonchev–Trinajstić information content (AvgIpc) is 3.36. The van der Waals surface area contributed by atoms with Crippen LogP contribution in [0.5, 0.6) is 5.75 Å². The highest BCUT2D eigenvalue weighted by Gasteiger charge is 2.17. The topological polar surface area (TPSA) is 69.3 Å². The monoisotopic (exact) mass is 587 g/mol. The Morgan fingerprint density at radius 3 is 2.52 bits per heavy atom. The Kier molecular flexibility index (Phi) is 7.56. The van der Waals surface area contributed by atoms with Gasteiger partial charge in [-0.2, -0.15) is 5.10 Å². The number of hydrogen-bond acceptors (Lipinski definition) is 4. The van der Waals surface area contributed by atoms with Gasteiger partial charge in [0.1, 0.15) is 12.4 Å². The van der Waals surface area contributed by atoms with Gasteiger partial charge < -0.3 is 14.5 Å². The molecule has 33 heavy (non-hydrogen) atoms. The van der Waals surface area contributed by atoms with Gasteiger partial charge in [-0.05, 0) is 51.8 Å². The first kappa shape index (κ1) is 24.0. The summed E-state index contributed by atoms with van der Waals surface area (Å²) >= 11 is 27.7. The molecule has 2 aromatic heterocycles. The second kappa shape index (κ2) is 10.4. The summed E-state index contributed by atoms with van der Waals surface area (Å²) in [6, 6.07) is 13.7. The fourth-order valence-electron chi connectivity index (χ4n) is 2.92. The van der Waals surface area contributed by atoms with Crippen molar-refractivity contribution in [3.63, 3.8) is 0 Å². The van der Waals surface area contributed by atoms with E-state index < -0.39 is 5.91 Å². The quantitative estimate of drug-likeness (QED) is 0.239. The van der Waals surface area contributed by atoms with Crippen LogP contribution in [0.2, 0.25) is 20.1 Å². The van der Waals surface area contributed by atoms with Crippen molar-refractivity contribution in [1.29, 1.82) is 0 Å². The van der Waals surface area contributed by atoms with Gasteiger partial charge in [0.2, 0.25) is 0 Å². The maximum absolute atomic E-state index is 12.6. The summed E-state index contributed by atoms with van der Waals surface area (Å²) in [6.07, 6.45) is 1.75. The Balaban J connectivity index is 1.40. The fourth-order valence-corrected chi connectivity index (χ4v) is 4.46. The van der Waals surface area contributed by atoms with E-state index >= 15 is 0 Å². The van der Waals surface area contributed by atoms with E-state index in [4.69, 9.17) is 55.6 Å². The molecule has 4 aromatic rings. The molecule has 11 heteroatoms. The van der Waals surface area contributed by atoms with Gasteiger partial charge >= 0.3 is 0 Å². The number of halogens is 5. The number of carbonyl (C=O) groups excluding carboxylic acids is 1. The predicted octanol–water partition coefficient (Wildman–Crippen LogP) is 7.73. The molecule has 0 spiro atoms. The second-order valence-corrected chi connectivity index (χ2v) is 9.33. The van der Waals surface area contributed by atoms with Gasteiger partial charge in [0.25, 0.3) is 5.91 Å². The molecule has 0 bridgehead atoms. The van der Waals surface area contributed by atoms with Crippen molar-refractivity contribution in [2.24, 2.45) is 0 Å². The lowest BCUT2D eigenvalue weighted by Gasteiger charge is -2.09. The smallest absolute Gasteiger partial charge is 0.292 e. The molecule has 0 radical (unpaired) electrons. The number of ether oxygens (including phenoxy) is 1. The van der Waals surface area contributed by atoms with Crippen LogP contribution in [0.3, 0.4) is 0 Å². The van der Waals surface area contributed by atoms with Gasteiger partial charge in [0.15, 0.2) is 17.3 Å². The first-order valence-electron chi connectivity index (χ1n) is 9.44. The summed E-state index contributed by atoms with van der Waals surface area (Å²) in [4.78, 5) is 12.6. The molecule has 1 amide bonds. The third kappa shape index (κ3) is 5.86. The standard InChI is InChI=1S/C22H14BrCl4N3O3/c23-15-10-30(9-12-3-1-2-4-16(12)25)29-21(15)28-22(31)19-6-5-14(33-19)11-32-20-17(26)7-13(24)8-18(20)27/h1-8,10H,9,11H2,(H,28,29,31). The molecule has 6 nitrogen and oxygen atoms in total. The van der Waals surface area contributed by atoms with E-state index in [-0.39, 0.29) is 28.2 Å². The lowest BCUT2D eigenvalue weighted by Crippen LogP contribution is -2.12. The highest BCUT2D eigenvalue weighted by Crippen LogP contribution is 2.36. The molecule has 0 atom stereocenters. The summed E-state index contributed by atoms with van der Waals surface area (Å²) in [5, 5.41) is 8.69. The van der Waals surface area contributed by atoms with Gasteiger partial charge in [0.05, 0.1) is 21.1 Å².